The number of nitrogens with one attached hydrogen (secondary N) is 4. The van der Waals surface area contributed by atoms with Crippen LogP contribution >= 0.6 is 0 Å². The average molecular weight is 594 g/mol. The largest absolute Gasteiger partial charge is 0.463 e. The zero-order chi connectivity index (χ0) is 31.2. The number of primary amides is 1. The number of benzene rings is 1. The summed E-state index contributed by atoms with van der Waals surface area (Å²) in [6, 6.07) is 3.14. The molecule has 0 radical (unpaired) electrons. The summed E-state index contributed by atoms with van der Waals surface area (Å²) < 4.78 is 16.9. The molecule has 14 nitrogen and oxygen atoms in total. The number of carbonyl (C=O) groups excluding carboxylic acids is 5. The van der Waals surface area contributed by atoms with Crippen LogP contribution in [-0.4, -0.2) is 78.9 Å². The van der Waals surface area contributed by atoms with Gasteiger partial charge in [0.2, 0.25) is 18.1 Å². The Labute approximate surface area is 245 Å². The number of hydrogen-bond donors (Lipinski definition) is 6. The standard InChI is InChI=1S/C28H43N5O9/c1-16(2)27(38)40-15-18-7-8-21(23(10-18)42-25-12-19(35)11-20(14-34)41-25)33-26(37)22(6-5-9-30-28(29)39)32-24(36)13-31-17(3)4/h7-8,10,14,16-17,19-20,22,25,31,35H,5-6,9,11-13,15H2,1-4H3,(H,32,36)(H,33,37)(H3,29,30,39). The third-order valence-electron chi connectivity index (χ3n) is 6.15. The van der Waals surface area contributed by atoms with E-state index in [4.69, 9.17) is 19.9 Å². The number of rotatable bonds is 16. The maximum Gasteiger partial charge on any atom is 0.312 e. The highest BCUT2D eigenvalue weighted by atomic mass is 16.7. The number of aliphatic hydroxyl groups is 1. The number of ether oxygens (including phenoxy) is 3. The van der Waals surface area contributed by atoms with Gasteiger partial charge in [-0.25, -0.2) is 4.79 Å². The maximum atomic E-state index is 13.4. The Morgan fingerprint density at radius 2 is 1.90 bits per heavy atom. The first kappa shape index (κ1) is 34.5. The van der Waals surface area contributed by atoms with Crippen molar-refractivity contribution in [3.8, 4) is 5.75 Å². The van der Waals surface area contributed by atoms with Crippen LogP contribution in [0.2, 0.25) is 0 Å². The van der Waals surface area contributed by atoms with Gasteiger partial charge in [-0.15, -0.1) is 0 Å². The highest BCUT2D eigenvalue weighted by Gasteiger charge is 2.30. The van der Waals surface area contributed by atoms with E-state index in [-0.39, 0.29) is 62.4 Å². The summed E-state index contributed by atoms with van der Waals surface area (Å²) in [5, 5.41) is 21.1. The monoisotopic (exact) mass is 593 g/mol. The van der Waals surface area contributed by atoms with Gasteiger partial charge in [0.05, 0.1) is 24.3 Å². The van der Waals surface area contributed by atoms with E-state index in [1.165, 1.54) is 0 Å². The summed E-state index contributed by atoms with van der Waals surface area (Å²) in [7, 11) is 0. The molecule has 0 spiro atoms. The minimum Gasteiger partial charge on any atom is -0.463 e. The van der Waals surface area contributed by atoms with Crippen molar-refractivity contribution in [2.24, 2.45) is 11.7 Å². The van der Waals surface area contributed by atoms with Crippen LogP contribution in [0.25, 0.3) is 0 Å². The third kappa shape index (κ3) is 12.4. The van der Waals surface area contributed by atoms with Crippen molar-refractivity contribution in [1.82, 2.24) is 16.0 Å². The fraction of sp³-hybridized carbons (Fsp3) is 0.607. The van der Waals surface area contributed by atoms with Crippen LogP contribution in [0.3, 0.4) is 0 Å². The average Bonchev–Trinajstić information content (AvgIpc) is 2.92. The van der Waals surface area contributed by atoms with Crippen LogP contribution < -0.4 is 31.7 Å². The number of nitrogens with two attached hydrogens (primary N) is 1. The summed E-state index contributed by atoms with van der Waals surface area (Å²) >= 11 is 0. The quantitative estimate of drug-likeness (QED) is 0.0898. The molecule has 2 rings (SSSR count). The Balaban J connectivity index is 2.26. The van der Waals surface area contributed by atoms with Crippen molar-refractivity contribution in [2.45, 2.75) is 90.6 Å². The van der Waals surface area contributed by atoms with Gasteiger partial charge in [-0.3, -0.25) is 14.4 Å². The summed E-state index contributed by atoms with van der Waals surface area (Å²) in [4.78, 5) is 60.2. The van der Waals surface area contributed by atoms with E-state index in [1.807, 2.05) is 13.8 Å². The number of hydrogen-bond acceptors (Lipinski definition) is 10. The van der Waals surface area contributed by atoms with E-state index < -0.39 is 48.4 Å². The molecule has 1 fully saturated rings. The smallest absolute Gasteiger partial charge is 0.312 e. The molecule has 1 aromatic carbocycles. The molecule has 42 heavy (non-hydrogen) atoms. The van der Waals surface area contributed by atoms with Crippen molar-refractivity contribution >= 4 is 35.8 Å². The number of aldehydes is 1. The van der Waals surface area contributed by atoms with Gasteiger partial charge >= 0.3 is 12.0 Å². The number of amides is 4. The van der Waals surface area contributed by atoms with Gasteiger partial charge in [0.1, 0.15) is 30.8 Å². The molecule has 0 saturated carbocycles. The summed E-state index contributed by atoms with van der Waals surface area (Å²) in [6.45, 7) is 7.34. The predicted molar refractivity (Wildman–Crippen MR) is 152 cm³/mol. The molecule has 0 aromatic heterocycles. The number of urea groups is 1. The van der Waals surface area contributed by atoms with Gasteiger partial charge in [0, 0.05) is 25.4 Å². The molecular formula is C28H43N5O9. The molecule has 1 aliphatic heterocycles. The Morgan fingerprint density at radius 3 is 2.55 bits per heavy atom. The topological polar surface area (TPSA) is 207 Å². The SMILES string of the molecule is CC(C)NCC(=O)NC(CCCNC(N)=O)C(=O)Nc1ccc(COC(=O)C(C)C)cc1OC1CC(O)CC(C=O)O1. The van der Waals surface area contributed by atoms with E-state index in [2.05, 4.69) is 21.3 Å². The Hall–Kier alpha value is -3.75. The third-order valence-corrected chi connectivity index (χ3v) is 6.15. The van der Waals surface area contributed by atoms with E-state index in [1.54, 1.807) is 32.0 Å². The minimum absolute atomic E-state index is 0.00161. The van der Waals surface area contributed by atoms with E-state index in [0.29, 0.717) is 18.3 Å². The van der Waals surface area contributed by atoms with Gasteiger partial charge in [0.15, 0.2) is 0 Å². The second-order valence-corrected chi connectivity index (χ2v) is 10.7. The molecule has 7 N–H and O–H groups in total. The first-order valence-electron chi connectivity index (χ1n) is 14.0. The molecule has 0 bridgehead atoms. The second kappa shape index (κ2) is 17.3. The molecule has 1 heterocycles. The number of esters is 1. The van der Waals surface area contributed by atoms with E-state index >= 15 is 0 Å². The molecular weight excluding hydrogens is 550 g/mol. The van der Waals surface area contributed by atoms with E-state index in [9.17, 15) is 29.1 Å². The highest BCUT2D eigenvalue weighted by Crippen LogP contribution is 2.31. The molecule has 1 saturated heterocycles. The zero-order valence-electron chi connectivity index (χ0n) is 24.5. The van der Waals surface area contributed by atoms with Crippen LogP contribution in [0.5, 0.6) is 5.75 Å². The zero-order valence-corrected chi connectivity index (χ0v) is 24.5. The van der Waals surface area contributed by atoms with Crippen LogP contribution in [0.1, 0.15) is 58.9 Å². The van der Waals surface area contributed by atoms with Gasteiger partial charge in [-0.1, -0.05) is 33.8 Å². The number of anilines is 1. The van der Waals surface area contributed by atoms with Gasteiger partial charge < -0.3 is 51.1 Å². The Bertz CT molecular complexity index is 1080. The first-order valence-corrected chi connectivity index (χ1v) is 14.0. The fourth-order valence-electron chi connectivity index (χ4n) is 3.92. The fourth-order valence-corrected chi connectivity index (χ4v) is 3.92. The van der Waals surface area contributed by atoms with Crippen molar-refractivity contribution in [3.05, 3.63) is 23.8 Å². The lowest BCUT2D eigenvalue weighted by atomic mass is 10.1. The molecule has 14 heteroatoms. The summed E-state index contributed by atoms with van der Waals surface area (Å²) in [5.41, 5.74) is 5.89. The molecule has 4 amide bonds. The van der Waals surface area contributed by atoms with Gasteiger partial charge in [-0.2, -0.15) is 0 Å². The predicted octanol–water partition coefficient (Wildman–Crippen LogP) is 0.699. The minimum atomic E-state index is -0.995. The molecule has 4 atom stereocenters. The molecule has 4 unspecified atom stereocenters. The molecule has 1 aliphatic rings. The molecule has 1 aromatic rings. The summed E-state index contributed by atoms with van der Waals surface area (Å²) in [5.74, 6) is -1.51. The Morgan fingerprint density at radius 1 is 1.17 bits per heavy atom. The van der Waals surface area contributed by atoms with Crippen molar-refractivity contribution < 1.29 is 43.3 Å². The van der Waals surface area contributed by atoms with Crippen LogP contribution in [0.15, 0.2) is 18.2 Å². The highest BCUT2D eigenvalue weighted by molar-refractivity contribution is 5.98. The normalized spacial score (nSPS) is 19.1. The molecule has 234 valence electrons. The lowest BCUT2D eigenvalue weighted by Gasteiger charge is -2.31. The lowest BCUT2D eigenvalue weighted by molar-refractivity contribution is -0.175. The van der Waals surface area contributed by atoms with Crippen LogP contribution in [0.4, 0.5) is 10.5 Å². The van der Waals surface area contributed by atoms with Crippen molar-refractivity contribution in [2.75, 3.05) is 18.4 Å². The van der Waals surface area contributed by atoms with Crippen LogP contribution in [-0.2, 0) is 35.3 Å². The van der Waals surface area contributed by atoms with Gasteiger partial charge in [0.25, 0.3) is 0 Å². The molecule has 0 aliphatic carbocycles. The second-order valence-electron chi connectivity index (χ2n) is 10.7. The lowest BCUT2D eigenvalue weighted by Crippen LogP contribution is -2.48. The van der Waals surface area contributed by atoms with Crippen molar-refractivity contribution in [1.29, 1.82) is 0 Å². The van der Waals surface area contributed by atoms with Crippen molar-refractivity contribution in [3.63, 3.8) is 0 Å². The maximum absolute atomic E-state index is 13.4. The first-order chi connectivity index (χ1) is 19.9. The van der Waals surface area contributed by atoms with Gasteiger partial charge in [-0.05, 0) is 30.5 Å². The number of aliphatic hydroxyl groups excluding tert-OH is 1. The number of carbonyl (C=O) groups is 5. The summed E-state index contributed by atoms with van der Waals surface area (Å²) in [6.07, 6.45) is -1.35. The Kier molecular flexibility index (Phi) is 14.2. The van der Waals surface area contributed by atoms with E-state index in [0.717, 1.165) is 0 Å². The van der Waals surface area contributed by atoms with Crippen LogP contribution in [0, 0.1) is 5.92 Å².